The lowest BCUT2D eigenvalue weighted by atomic mass is 10.1. The molecule has 0 atom stereocenters. The van der Waals surface area contributed by atoms with Gasteiger partial charge in [-0.05, 0) is 17.7 Å². The van der Waals surface area contributed by atoms with Crippen LogP contribution in [0.5, 0.6) is 0 Å². The predicted molar refractivity (Wildman–Crippen MR) is 104 cm³/mol. The minimum Gasteiger partial charge on any atom is -0.378 e. The van der Waals surface area contributed by atoms with Crippen LogP contribution in [0.3, 0.4) is 0 Å². The van der Waals surface area contributed by atoms with Gasteiger partial charge in [-0.2, -0.15) is 0 Å². The third-order valence-corrected chi connectivity index (χ3v) is 6.00. The van der Waals surface area contributed by atoms with Crippen LogP contribution in [0.1, 0.15) is 0 Å². The first-order valence-corrected chi connectivity index (χ1v) is 10.2. The van der Waals surface area contributed by atoms with Crippen LogP contribution in [0.4, 0.5) is 4.39 Å². The van der Waals surface area contributed by atoms with Crippen LogP contribution in [-0.4, -0.2) is 52.8 Å². The molecule has 3 heterocycles. The van der Waals surface area contributed by atoms with E-state index >= 15 is 0 Å². The molecule has 1 amide bonds. The first-order valence-electron chi connectivity index (χ1n) is 8.37. The third-order valence-electron chi connectivity index (χ3n) is 4.27. The number of amides is 1. The number of aromatic amines is 1. The Morgan fingerprint density at radius 1 is 1.30 bits per heavy atom. The van der Waals surface area contributed by atoms with Crippen molar-refractivity contribution in [1.82, 2.24) is 14.9 Å². The van der Waals surface area contributed by atoms with Gasteiger partial charge in [-0.15, -0.1) is 11.3 Å². The molecule has 1 N–H and O–H groups in total. The summed E-state index contributed by atoms with van der Waals surface area (Å²) in [4.78, 5) is 34.4. The Morgan fingerprint density at radius 2 is 2.04 bits per heavy atom. The number of hydrogen-bond acceptors (Lipinski definition) is 6. The molecular weight excluding hydrogens is 389 g/mol. The number of hydrogen-bond donors (Lipinski definition) is 1. The predicted octanol–water partition coefficient (Wildman–Crippen LogP) is 2.74. The Morgan fingerprint density at radius 3 is 2.78 bits per heavy atom. The maximum Gasteiger partial charge on any atom is 0.260 e. The van der Waals surface area contributed by atoms with Crippen molar-refractivity contribution in [2.24, 2.45) is 0 Å². The van der Waals surface area contributed by atoms with Gasteiger partial charge in [0.2, 0.25) is 5.91 Å². The topological polar surface area (TPSA) is 75.3 Å². The van der Waals surface area contributed by atoms with Crippen molar-refractivity contribution in [1.29, 1.82) is 0 Å². The average molecular weight is 405 g/mol. The maximum atomic E-state index is 13.1. The smallest absolute Gasteiger partial charge is 0.260 e. The van der Waals surface area contributed by atoms with Crippen LogP contribution in [0.15, 0.2) is 39.6 Å². The number of benzene rings is 1. The molecule has 6 nitrogen and oxygen atoms in total. The number of fused-ring (bicyclic) bond motifs is 1. The zero-order valence-corrected chi connectivity index (χ0v) is 15.9. The van der Waals surface area contributed by atoms with Gasteiger partial charge < -0.3 is 14.6 Å². The molecule has 9 heteroatoms. The van der Waals surface area contributed by atoms with Gasteiger partial charge in [0.15, 0.2) is 5.16 Å². The van der Waals surface area contributed by atoms with Crippen LogP contribution >= 0.6 is 23.1 Å². The summed E-state index contributed by atoms with van der Waals surface area (Å²) in [5.74, 6) is -0.108. The minimum absolute atomic E-state index is 0.00391. The molecule has 1 aliphatic rings. The van der Waals surface area contributed by atoms with E-state index < -0.39 is 0 Å². The van der Waals surface area contributed by atoms with Crippen molar-refractivity contribution in [3.8, 4) is 11.1 Å². The molecule has 27 heavy (non-hydrogen) atoms. The van der Waals surface area contributed by atoms with Crippen LogP contribution in [0.2, 0.25) is 0 Å². The molecule has 0 saturated carbocycles. The zero-order chi connectivity index (χ0) is 18.8. The summed E-state index contributed by atoms with van der Waals surface area (Å²) >= 11 is 2.57. The van der Waals surface area contributed by atoms with Gasteiger partial charge in [-0.3, -0.25) is 9.59 Å². The number of aromatic nitrogens is 2. The van der Waals surface area contributed by atoms with E-state index in [0.29, 0.717) is 41.7 Å². The number of thioether (sulfide) groups is 1. The maximum absolute atomic E-state index is 13.1. The summed E-state index contributed by atoms with van der Waals surface area (Å²) in [5, 5.41) is 2.74. The van der Waals surface area contributed by atoms with E-state index in [2.05, 4.69) is 9.97 Å². The fourth-order valence-electron chi connectivity index (χ4n) is 2.87. The second-order valence-corrected chi connectivity index (χ2v) is 7.81. The molecule has 0 spiro atoms. The van der Waals surface area contributed by atoms with Gasteiger partial charge in [0.25, 0.3) is 5.56 Å². The van der Waals surface area contributed by atoms with E-state index in [4.69, 9.17) is 4.74 Å². The number of nitrogens with one attached hydrogen (secondary N) is 1. The van der Waals surface area contributed by atoms with Crippen LogP contribution in [-0.2, 0) is 9.53 Å². The summed E-state index contributed by atoms with van der Waals surface area (Å²) in [6.45, 7) is 2.29. The normalized spacial score (nSPS) is 14.6. The summed E-state index contributed by atoms with van der Waals surface area (Å²) in [6, 6.07) is 6.00. The zero-order valence-electron chi connectivity index (χ0n) is 14.2. The first kappa shape index (κ1) is 18.1. The molecule has 1 fully saturated rings. The number of morpholine rings is 1. The molecular formula is C18H16FN3O3S2. The quantitative estimate of drug-likeness (QED) is 0.534. The Hall–Kier alpha value is -2.23. The highest BCUT2D eigenvalue weighted by Gasteiger charge is 2.18. The summed E-state index contributed by atoms with van der Waals surface area (Å²) in [5.41, 5.74) is 1.23. The number of thiophene rings is 1. The largest absolute Gasteiger partial charge is 0.378 e. The average Bonchev–Trinajstić information content (AvgIpc) is 3.12. The molecule has 0 aliphatic carbocycles. The fourth-order valence-corrected chi connectivity index (χ4v) is 4.64. The lowest BCUT2D eigenvalue weighted by Gasteiger charge is -2.26. The van der Waals surface area contributed by atoms with Gasteiger partial charge in [0.05, 0.1) is 24.4 Å². The second-order valence-electron chi connectivity index (χ2n) is 5.99. The highest BCUT2D eigenvalue weighted by molar-refractivity contribution is 7.99. The molecule has 1 saturated heterocycles. The number of halogens is 1. The van der Waals surface area contributed by atoms with E-state index in [1.807, 2.05) is 5.38 Å². The number of H-pyrrole nitrogens is 1. The van der Waals surface area contributed by atoms with Gasteiger partial charge in [-0.25, -0.2) is 9.37 Å². The fraction of sp³-hybridized carbons (Fsp3) is 0.278. The van der Waals surface area contributed by atoms with Crippen molar-refractivity contribution in [2.45, 2.75) is 5.16 Å². The summed E-state index contributed by atoms with van der Waals surface area (Å²) in [6.07, 6.45) is 0. The van der Waals surface area contributed by atoms with Crippen molar-refractivity contribution in [3.05, 3.63) is 45.8 Å². The lowest BCUT2D eigenvalue weighted by Crippen LogP contribution is -2.41. The monoisotopic (exact) mass is 405 g/mol. The SMILES string of the molecule is O=C(CSc1nc2scc(-c3ccc(F)cc3)c2c(=O)[nH]1)N1CCOCC1. The van der Waals surface area contributed by atoms with E-state index in [1.54, 1.807) is 17.0 Å². The van der Waals surface area contributed by atoms with Crippen molar-refractivity contribution < 1.29 is 13.9 Å². The van der Waals surface area contributed by atoms with Crippen molar-refractivity contribution in [2.75, 3.05) is 32.1 Å². The Labute approximate surface area is 162 Å². The molecule has 1 aromatic carbocycles. The molecule has 0 bridgehead atoms. The highest BCUT2D eigenvalue weighted by Crippen LogP contribution is 2.31. The lowest BCUT2D eigenvalue weighted by molar-refractivity contribution is -0.132. The van der Waals surface area contributed by atoms with E-state index in [-0.39, 0.29) is 23.0 Å². The number of ether oxygens (including phenoxy) is 1. The van der Waals surface area contributed by atoms with Crippen LogP contribution in [0, 0.1) is 5.82 Å². The second kappa shape index (κ2) is 7.79. The third kappa shape index (κ3) is 3.90. The number of nitrogens with zero attached hydrogens (tertiary/aromatic N) is 2. The van der Waals surface area contributed by atoms with Gasteiger partial charge in [0.1, 0.15) is 10.6 Å². The van der Waals surface area contributed by atoms with E-state index in [1.165, 1.54) is 35.2 Å². The van der Waals surface area contributed by atoms with Gasteiger partial charge >= 0.3 is 0 Å². The number of carbonyl (C=O) groups is 1. The summed E-state index contributed by atoms with van der Waals surface area (Å²) in [7, 11) is 0. The first-order chi connectivity index (χ1) is 13.1. The molecule has 1 aliphatic heterocycles. The van der Waals surface area contributed by atoms with Gasteiger partial charge in [0, 0.05) is 24.0 Å². The Balaban J connectivity index is 1.55. The van der Waals surface area contributed by atoms with Crippen LogP contribution < -0.4 is 5.56 Å². The van der Waals surface area contributed by atoms with E-state index in [0.717, 1.165) is 11.1 Å². The number of rotatable bonds is 4. The standard InChI is InChI=1S/C18H16FN3O3S2/c19-12-3-1-11(2-4-12)13-9-26-17-15(13)16(24)20-18(21-17)27-10-14(23)22-5-7-25-8-6-22/h1-4,9H,5-8,10H2,(H,20,21,24). The minimum atomic E-state index is -0.325. The Kier molecular flexibility index (Phi) is 5.24. The van der Waals surface area contributed by atoms with Gasteiger partial charge in [-0.1, -0.05) is 23.9 Å². The van der Waals surface area contributed by atoms with Crippen LogP contribution in [0.25, 0.3) is 21.3 Å². The Bertz CT molecular complexity index is 1030. The molecule has 4 rings (SSSR count). The van der Waals surface area contributed by atoms with Crippen molar-refractivity contribution in [3.63, 3.8) is 0 Å². The highest BCUT2D eigenvalue weighted by atomic mass is 32.2. The van der Waals surface area contributed by atoms with E-state index in [9.17, 15) is 14.0 Å². The van der Waals surface area contributed by atoms with Crippen molar-refractivity contribution >= 4 is 39.2 Å². The molecule has 140 valence electrons. The molecule has 0 unspecified atom stereocenters. The summed E-state index contributed by atoms with van der Waals surface area (Å²) < 4.78 is 18.4. The molecule has 0 radical (unpaired) electrons. The molecule has 3 aromatic rings. The number of carbonyl (C=O) groups excluding carboxylic acids is 1. The molecule has 2 aromatic heterocycles.